The van der Waals surface area contributed by atoms with Crippen LogP contribution in [0.25, 0.3) is 22.3 Å². The number of hydrogen-bond donors (Lipinski definition) is 3. The van der Waals surface area contributed by atoms with E-state index in [2.05, 4.69) is 20.8 Å². The molecule has 0 radical (unpaired) electrons. The normalized spacial score (nSPS) is 25.8. The Morgan fingerprint density at radius 3 is 2.44 bits per heavy atom. The quantitative estimate of drug-likeness (QED) is 0.238. The van der Waals surface area contributed by atoms with Gasteiger partial charge in [0.1, 0.15) is 29.4 Å². The van der Waals surface area contributed by atoms with Gasteiger partial charge in [-0.1, -0.05) is 70.0 Å². The number of para-hydroxylation sites is 2. The van der Waals surface area contributed by atoms with Gasteiger partial charge < -0.3 is 24.7 Å². The Bertz CT molecular complexity index is 2420. The fourth-order valence-electron chi connectivity index (χ4n) is 8.03. The van der Waals surface area contributed by atoms with E-state index in [0.717, 1.165) is 24.0 Å². The first kappa shape index (κ1) is 40.5. The number of nitrogens with one attached hydrogen (secondary N) is 3. The number of benzene rings is 2. The summed E-state index contributed by atoms with van der Waals surface area (Å²) in [4.78, 5) is 53.9. The van der Waals surface area contributed by atoms with Crippen molar-refractivity contribution in [2.75, 3.05) is 11.9 Å². The van der Waals surface area contributed by atoms with Crippen LogP contribution in [0.15, 0.2) is 52.9 Å². The minimum atomic E-state index is -4.13. The van der Waals surface area contributed by atoms with Crippen molar-refractivity contribution < 1.29 is 40.7 Å². The highest BCUT2D eigenvalue weighted by Gasteiger charge is 2.67. The first-order chi connectivity index (χ1) is 27.8. The highest BCUT2D eigenvalue weighted by molar-refractivity contribution is 7.91. The summed E-state index contributed by atoms with van der Waals surface area (Å²) in [6, 6.07) is 12.8. The Balaban J connectivity index is 1.19. The van der Waals surface area contributed by atoms with E-state index in [1.807, 2.05) is 81.8 Å². The number of carbonyl (C=O) groups is 3. The minimum Gasteiger partial charge on any atom is -0.471 e. The molecule has 0 unspecified atom stereocenters. The van der Waals surface area contributed by atoms with Crippen LogP contribution < -0.4 is 20.1 Å². The molecular weight excluding hydrogens is 787 g/mol. The van der Waals surface area contributed by atoms with E-state index in [-0.39, 0.29) is 24.9 Å². The largest absolute Gasteiger partial charge is 0.471 e. The molecule has 0 spiro atoms. The van der Waals surface area contributed by atoms with Gasteiger partial charge in [0.15, 0.2) is 0 Å². The monoisotopic (exact) mass is 834 g/mol. The lowest BCUT2D eigenvalue weighted by molar-refractivity contribution is -0.141. The number of amides is 3. The number of hydrogen-bond acceptors (Lipinski definition) is 12. The van der Waals surface area contributed by atoms with Crippen LogP contribution in [-0.2, 0) is 36.2 Å². The molecule has 4 aliphatic rings. The molecule has 59 heavy (non-hydrogen) atoms. The number of halogens is 2. The SMILES string of the molecule is CC1(C)CCCc2cccc(c2)-c2nc3ccccc3nc2O[C@@H]2C[C@@H](C(=O)N[C@]3(C(=O)NS(=O)(=O)C4CC4)C[C@H]3C(F)F)N(C2)C(=O)[C@H](C(C)(C)C)Nc2nnc1o2. The molecule has 2 saturated carbocycles. The van der Waals surface area contributed by atoms with Crippen molar-refractivity contribution in [2.24, 2.45) is 11.3 Å². The maximum Gasteiger partial charge on any atom is 0.316 e. The number of sulfonamides is 1. The van der Waals surface area contributed by atoms with Crippen LogP contribution in [0.2, 0.25) is 0 Å². The highest BCUT2D eigenvalue weighted by atomic mass is 32.2. The van der Waals surface area contributed by atoms with Gasteiger partial charge >= 0.3 is 6.01 Å². The average molecular weight is 835 g/mol. The predicted molar refractivity (Wildman–Crippen MR) is 212 cm³/mol. The van der Waals surface area contributed by atoms with Crippen molar-refractivity contribution in [1.82, 2.24) is 35.1 Å². The van der Waals surface area contributed by atoms with Gasteiger partial charge in [0.25, 0.3) is 5.91 Å². The molecule has 4 aromatic rings. The molecule has 3 N–H and O–H groups in total. The molecule has 2 aliphatic heterocycles. The molecule has 2 aromatic carbocycles. The topological polar surface area (TPSA) is 199 Å². The van der Waals surface area contributed by atoms with Crippen molar-refractivity contribution >= 4 is 44.8 Å². The highest BCUT2D eigenvalue weighted by Crippen LogP contribution is 2.48. The summed E-state index contributed by atoms with van der Waals surface area (Å²) in [5.41, 5.74) is -0.107. The second-order valence-electron chi connectivity index (χ2n) is 17.9. The van der Waals surface area contributed by atoms with Crippen LogP contribution in [0.5, 0.6) is 5.88 Å². The van der Waals surface area contributed by atoms with Crippen LogP contribution in [0, 0.1) is 11.3 Å². The van der Waals surface area contributed by atoms with Gasteiger partial charge in [0, 0.05) is 17.4 Å². The molecule has 2 aromatic heterocycles. The summed E-state index contributed by atoms with van der Waals surface area (Å²) in [5.74, 6) is -3.81. The van der Waals surface area contributed by atoms with Crippen LogP contribution in [-0.4, -0.2) is 93.2 Å². The van der Waals surface area contributed by atoms with Gasteiger partial charge in [0.2, 0.25) is 40.0 Å². The van der Waals surface area contributed by atoms with Crippen LogP contribution >= 0.6 is 0 Å². The summed E-state index contributed by atoms with van der Waals surface area (Å²) in [6.45, 7) is 9.32. The maximum absolute atomic E-state index is 14.9. The van der Waals surface area contributed by atoms with Crippen molar-refractivity contribution in [3.8, 4) is 17.1 Å². The zero-order chi connectivity index (χ0) is 42.1. The van der Waals surface area contributed by atoms with Gasteiger partial charge in [-0.2, -0.15) is 0 Å². The smallest absolute Gasteiger partial charge is 0.316 e. The van der Waals surface area contributed by atoms with E-state index in [4.69, 9.17) is 19.1 Å². The van der Waals surface area contributed by atoms with E-state index >= 15 is 0 Å². The standard InChI is InChI=1S/C41H48F2N8O7S/c1-39(2,3)31-35(53)51-21-24(19-29(51)33(52)47-41(20-26(41)32(42)43)36(54)50-59(55,56)25-15-16-25)57-34-30(44-27-13-6-7-14-28(27)45-34)23-12-8-10-22(18-23)11-9-17-40(4,5)37-48-49-38(46-31)58-37/h6-8,10,12-14,18,24-26,29,31-32H,9,11,15-17,19-21H2,1-5H3,(H,46,49)(H,47,52)(H,50,54)/t24-,26+,29+,31-,41-/m1/s1. The van der Waals surface area contributed by atoms with Crippen molar-refractivity contribution in [3.63, 3.8) is 0 Å². The maximum atomic E-state index is 14.9. The first-order valence-electron chi connectivity index (χ1n) is 19.9. The van der Waals surface area contributed by atoms with Crippen LogP contribution in [0.3, 0.4) is 0 Å². The average Bonchev–Trinajstić information content (AvgIpc) is 4.07. The lowest BCUT2D eigenvalue weighted by atomic mass is 9.85. The zero-order valence-electron chi connectivity index (χ0n) is 33.5. The number of alkyl halides is 2. The van der Waals surface area contributed by atoms with Gasteiger partial charge in [-0.3, -0.25) is 19.1 Å². The van der Waals surface area contributed by atoms with E-state index in [1.165, 1.54) is 4.90 Å². The molecule has 3 amide bonds. The third-order valence-corrected chi connectivity index (χ3v) is 13.6. The van der Waals surface area contributed by atoms with E-state index in [1.54, 1.807) is 6.07 Å². The van der Waals surface area contributed by atoms with Gasteiger partial charge in [-0.05, 0) is 67.7 Å². The second-order valence-corrected chi connectivity index (χ2v) is 19.9. The Kier molecular flexibility index (Phi) is 10.1. The third-order valence-electron chi connectivity index (χ3n) is 11.8. The molecule has 2 aliphatic carbocycles. The van der Waals surface area contributed by atoms with E-state index in [0.29, 0.717) is 41.9 Å². The summed E-state index contributed by atoms with van der Waals surface area (Å²) in [7, 11) is -4.13. The molecule has 3 fully saturated rings. The molecular formula is C41H48F2N8O7S. The molecule has 4 heterocycles. The zero-order valence-corrected chi connectivity index (χ0v) is 34.3. The number of anilines is 1. The summed E-state index contributed by atoms with van der Waals surface area (Å²) >= 11 is 0. The number of nitrogens with zero attached hydrogens (tertiary/aromatic N) is 5. The van der Waals surface area contributed by atoms with Crippen molar-refractivity contribution in [3.05, 3.63) is 60.0 Å². The number of aryl methyl sites for hydroxylation is 1. The molecule has 5 atom stereocenters. The number of aromatic nitrogens is 4. The second kappa shape index (κ2) is 14.8. The van der Waals surface area contributed by atoms with Crippen LogP contribution in [0.4, 0.5) is 14.8 Å². The summed E-state index contributed by atoms with van der Waals surface area (Å²) in [6.07, 6.45) is -1.60. The van der Waals surface area contributed by atoms with Gasteiger partial charge in [-0.25, -0.2) is 27.2 Å². The Labute approximate surface area is 340 Å². The minimum absolute atomic E-state index is 0.00120. The van der Waals surface area contributed by atoms with Gasteiger partial charge in [0.05, 0.1) is 28.7 Å². The molecule has 6 bridgehead atoms. The van der Waals surface area contributed by atoms with E-state index in [9.17, 15) is 31.6 Å². The van der Waals surface area contributed by atoms with Crippen LogP contribution in [0.1, 0.15) is 84.6 Å². The number of rotatable bonds is 6. The fourth-order valence-corrected chi connectivity index (χ4v) is 9.40. The number of fused-ring (bicyclic) bond motifs is 9. The predicted octanol–water partition coefficient (Wildman–Crippen LogP) is 4.92. The molecule has 1 saturated heterocycles. The lowest BCUT2D eigenvalue weighted by Crippen LogP contribution is -2.59. The fraction of sp³-hybridized carbons (Fsp3) is 0.537. The summed E-state index contributed by atoms with van der Waals surface area (Å²) < 4.78 is 68.7. The van der Waals surface area contributed by atoms with Crippen molar-refractivity contribution in [1.29, 1.82) is 0 Å². The number of carbonyl (C=O) groups excluding carboxylic acids is 3. The Morgan fingerprint density at radius 1 is 1.03 bits per heavy atom. The molecule has 314 valence electrons. The Morgan fingerprint density at radius 2 is 1.76 bits per heavy atom. The third kappa shape index (κ3) is 8.07. The Hall–Kier alpha value is -5.26. The lowest BCUT2D eigenvalue weighted by Gasteiger charge is -2.35. The summed E-state index contributed by atoms with van der Waals surface area (Å²) in [5, 5.41) is 13.3. The first-order valence-corrected chi connectivity index (χ1v) is 21.5. The van der Waals surface area contributed by atoms with Gasteiger partial charge in [-0.15, -0.1) is 5.10 Å². The molecule has 8 rings (SSSR count). The molecule has 15 nitrogen and oxygen atoms in total. The number of ether oxygens (including phenoxy) is 1. The van der Waals surface area contributed by atoms with E-state index < -0.39 is 86.3 Å². The molecule has 18 heteroatoms. The van der Waals surface area contributed by atoms with Crippen molar-refractivity contribution in [2.45, 2.75) is 120 Å².